The Balaban J connectivity index is 2.10. The molecule has 0 spiro atoms. The van der Waals surface area contributed by atoms with Crippen LogP contribution in [0.3, 0.4) is 0 Å². The lowest BCUT2D eigenvalue weighted by atomic mass is 9.80. The fourth-order valence-electron chi connectivity index (χ4n) is 4.01. The summed E-state index contributed by atoms with van der Waals surface area (Å²) in [6, 6.07) is 7.15. The number of anilines is 2. The van der Waals surface area contributed by atoms with Gasteiger partial charge in [0.05, 0.1) is 18.4 Å². The average molecular weight is 392 g/mol. The molecule has 0 unspecified atom stereocenters. The van der Waals surface area contributed by atoms with Crippen molar-refractivity contribution in [2.24, 2.45) is 5.92 Å². The van der Waals surface area contributed by atoms with E-state index in [2.05, 4.69) is 34.4 Å². The molecule has 0 aliphatic carbocycles. The number of amides is 2. The molecule has 0 radical (unpaired) electrons. The fourth-order valence-corrected chi connectivity index (χ4v) is 4.01. The van der Waals surface area contributed by atoms with Crippen LogP contribution in [-0.4, -0.2) is 34.9 Å². The molecule has 2 N–H and O–H groups in total. The first-order valence-corrected chi connectivity index (χ1v) is 9.55. The van der Waals surface area contributed by atoms with E-state index in [-0.39, 0.29) is 35.5 Å². The van der Waals surface area contributed by atoms with Crippen LogP contribution in [0.25, 0.3) is 0 Å². The zero-order chi connectivity index (χ0) is 21.1. The summed E-state index contributed by atoms with van der Waals surface area (Å²) in [5.41, 5.74) is 2.40. The lowest BCUT2D eigenvalue weighted by Gasteiger charge is -2.45. The van der Waals surface area contributed by atoms with Gasteiger partial charge in [0.2, 0.25) is 5.91 Å². The third-order valence-electron chi connectivity index (χ3n) is 5.40. The molecule has 8 heteroatoms. The fraction of sp³-hybridized carbons (Fsp3) is 0.381. The van der Waals surface area contributed by atoms with Crippen molar-refractivity contribution in [3.8, 4) is 6.07 Å². The molecule has 150 valence electrons. The Kier molecular flexibility index (Phi) is 5.78. The van der Waals surface area contributed by atoms with Crippen LogP contribution in [0.1, 0.15) is 54.8 Å². The van der Waals surface area contributed by atoms with Gasteiger partial charge in [-0.2, -0.15) is 5.26 Å². The normalized spacial score (nSPS) is 20.4. The number of nitriles is 1. The second kappa shape index (κ2) is 8.27. The second-order valence-corrected chi connectivity index (χ2v) is 7.10. The lowest BCUT2D eigenvalue weighted by Crippen LogP contribution is -2.49. The minimum Gasteiger partial charge on any atom is -0.362 e. The van der Waals surface area contributed by atoms with Crippen LogP contribution in [0.5, 0.6) is 0 Å². The predicted octanol–water partition coefficient (Wildman–Crippen LogP) is 2.64. The van der Waals surface area contributed by atoms with E-state index < -0.39 is 0 Å². The van der Waals surface area contributed by atoms with Crippen molar-refractivity contribution in [3.05, 3.63) is 47.4 Å². The van der Waals surface area contributed by atoms with Crippen molar-refractivity contribution in [2.45, 2.75) is 39.3 Å². The lowest BCUT2D eigenvalue weighted by molar-refractivity contribution is -0.117. The minimum atomic E-state index is -0.190. The zero-order valence-corrected chi connectivity index (χ0v) is 16.9. The first kappa shape index (κ1) is 20.3. The molecular formula is C21H24N6O2. The van der Waals surface area contributed by atoms with E-state index in [0.29, 0.717) is 11.4 Å². The SMILES string of the molecule is CC[C@H]1[C@H](C)[C@@H](Nc2cnc(C#N)cn2)c2cc(C(=O)NC)ccc2N1C(C)=O. The molecule has 3 rings (SSSR count). The summed E-state index contributed by atoms with van der Waals surface area (Å²) in [5.74, 6) is 0.357. The summed E-state index contributed by atoms with van der Waals surface area (Å²) in [6.45, 7) is 5.69. The quantitative estimate of drug-likeness (QED) is 0.827. The van der Waals surface area contributed by atoms with E-state index in [0.717, 1.165) is 17.7 Å². The molecule has 2 heterocycles. The Morgan fingerprint density at radius 2 is 2.03 bits per heavy atom. The third-order valence-corrected chi connectivity index (χ3v) is 5.40. The van der Waals surface area contributed by atoms with Crippen molar-refractivity contribution in [1.82, 2.24) is 15.3 Å². The molecule has 1 aliphatic heterocycles. The third kappa shape index (κ3) is 3.76. The number of nitrogens with one attached hydrogen (secondary N) is 2. The van der Waals surface area contributed by atoms with Gasteiger partial charge in [0.1, 0.15) is 11.9 Å². The van der Waals surface area contributed by atoms with Crippen LogP contribution in [0, 0.1) is 17.2 Å². The summed E-state index contributed by atoms with van der Waals surface area (Å²) >= 11 is 0. The molecule has 1 aromatic heterocycles. The molecule has 2 amide bonds. The van der Waals surface area contributed by atoms with Crippen molar-refractivity contribution >= 4 is 23.3 Å². The van der Waals surface area contributed by atoms with Crippen LogP contribution < -0.4 is 15.5 Å². The van der Waals surface area contributed by atoms with Gasteiger partial charge in [-0.3, -0.25) is 9.59 Å². The first-order valence-electron chi connectivity index (χ1n) is 9.55. The van der Waals surface area contributed by atoms with Crippen LogP contribution in [-0.2, 0) is 4.79 Å². The van der Waals surface area contributed by atoms with Gasteiger partial charge < -0.3 is 15.5 Å². The van der Waals surface area contributed by atoms with Crippen molar-refractivity contribution in [1.29, 1.82) is 5.26 Å². The Bertz CT molecular complexity index is 966. The number of fused-ring (bicyclic) bond motifs is 1. The van der Waals surface area contributed by atoms with Crippen LogP contribution in [0.15, 0.2) is 30.6 Å². The highest BCUT2D eigenvalue weighted by Gasteiger charge is 2.40. The van der Waals surface area contributed by atoms with Gasteiger partial charge >= 0.3 is 0 Å². The van der Waals surface area contributed by atoms with Gasteiger partial charge in [0.15, 0.2) is 5.69 Å². The number of hydrogen-bond acceptors (Lipinski definition) is 6. The monoisotopic (exact) mass is 392 g/mol. The van der Waals surface area contributed by atoms with Crippen molar-refractivity contribution in [2.75, 3.05) is 17.3 Å². The average Bonchev–Trinajstić information content (AvgIpc) is 2.74. The van der Waals surface area contributed by atoms with E-state index >= 15 is 0 Å². The number of hydrogen-bond donors (Lipinski definition) is 2. The highest BCUT2D eigenvalue weighted by Crippen LogP contribution is 2.43. The van der Waals surface area contributed by atoms with Gasteiger partial charge in [-0.25, -0.2) is 9.97 Å². The highest BCUT2D eigenvalue weighted by molar-refractivity contribution is 5.97. The molecule has 0 saturated carbocycles. The van der Waals surface area contributed by atoms with E-state index in [9.17, 15) is 9.59 Å². The predicted molar refractivity (Wildman–Crippen MR) is 109 cm³/mol. The van der Waals surface area contributed by atoms with E-state index in [4.69, 9.17) is 5.26 Å². The molecule has 8 nitrogen and oxygen atoms in total. The molecule has 0 saturated heterocycles. The number of aromatic nitrogens is 2. The standard InChI is InChI=1S/C21H24N6O2/c1-5-17-12(2)20(26-19-11-24-15(9-22)10-25-19)16-8-14(21(29)23-4)6-7-18(16)27(17)13(3)28/h6-8,10-12,17,20H,5H2,1-4H3,(H,23,29)(H,25,26)/t12-,17-,20+/m0/s1. The Morgan fingerprint density at radius 3 is 2.59 bits per heavy atom. The Hall–Kier alpha value is -3.47. The smallest absolute Gasteiger partial charge is 0.251 e. The molecule has 0 fully saturated rings. The number of nitrogens with zero attached hydrogens (tertiary/aromatic N) is 4. The van der Waals surface area contributed by atoms with Crippen LogP contribution in [0.4, 0.5) is 11.5 Å². The minimum absolute atomic E-state index is 0.00491. The maximum Gasteiger partial charge on any atom is 0.251 e. The van der Waals surface area contributed by atoms with Crippen molar-refractivity contribution < 1.29 is 9.59 Å². The molecule has 1 aromatic carbocycles. The first-order chi connectivity index (χ1) is 13.9. The molecule has 2 aromatic rings. The van der Waals surface area contributed by atoms with Crippen LogP contribution in [0.2, 0.25) is 0 Å². The molecule has 3 atom stereocenters. The second-order valence-electron chi connectivity index (χ2n) is 7.10. The number of carbonyl (C=O) groups is 2. The molecule has 29 heavy (non-hydrogen) atoms. The van der Waals surface area contributed by atoms with Gasteiger partial charge in [-0.1, -0.05) is 13.8 Å². The van der Waals surface area contributed by atoms with Crippen LogP contribution >= 0.6 is 0 Å². The highest BCUT2D eigenvalue weighted by atomic mass is 16.2. The van der Waals surface area contributed by atoms with E-state index in [1.165, 1.54) is 12.4 Å². The Labute approximate surface area is 170 Å². The Morgan fingerprint density at radius 1 is 1.28 bits per heavy atom. The number of carbonyl (C=O) groups excluding carboxylic acids is 2. The zero-order valence-electron chi connectivity index (χ0n) is 16.9. The van der Waals surface area contributed by atoms with Crippen molar-refractivity contribution in [3.63, 3.8) is 0 Å². The van der Waals surface area contributed by atoms with Gasteiger partial charge in [-0.05, 0) is 30.2 Å². The largest absolute Gasteiger partial charge is 0.362 e. The van der Waals surface area contributed by atoms with E-state index in [1.807, 2.05) is 23.1 Å². The van der Waals surface area contributed by atoms with Gasteiger partial charge in [-0.15, -0.1) is 0 Å². The number of rotatable bonds is 4. The molecule has 1 aliphatic rings. The maximum atomic E-state index is 12.5. The molecule has 0 bridgehead atoms. The summed E-state index contributed by atoms with van der Waals surface area (Å²) in [7, 11) is 1.58. The summed E-state index contributed by atoms with van der Waals surface area (Å²) < 4.78 is 0. The van der Waals surface area contributed by atoms with E-state index in [1.54, 1.807) is 20.0 Å². The summed E-state index contributed by atoms with van der Waals surface area (Å²) in [5, 5.41) is 15.0. The summed E-state index contributed by atoms with van der Waals surface area (Å²) in [4.78, 5) is 34.8. The maximum absolute atomic E-state index is 12.5. The van der Waals surface area contributed by atoms with Gasteiger partial charge in [0.25, 0.3) is 5.91 Å². The summed E-state index contributed by atoms with van der Waals surface area (Å²) in [6.07, 6.45) is 3.72. The number of benzene rings is 1. The molecular weight excluding hydrogens is 368 g/mol. The topological polar surface area (TPSA) is 111 Å². The van der Waals surface area contributed by atoms with Gasteiger partial charge in [0, 0.05) is 37.2 Å².